The third-order valence-electron chi connectivity index (χ3n) is 0.930. The molecule has 56 valence electrons. The van der Waals surface area contributed by atoms with Gasteiger partial charge in [0.05, 0.1) is 0 Å². The molecule has 0 spiro atoms. The van der Waals surface area contributed by atoms with Crippen molar-refractivity contribution >= 4 is 23.2 Å². The Morgan fingerprint density at radius 2 is 1.60 bits per heavy atom. The first-order valence-corrected chi connectivity index (χ1v) is 3.25. The largest absolute Gasteiger partial charge is 1.00 e. The van der Waals surface area contributed by atoms with E-state index in [0.717, 1.165) is 0 Å². The van der Waals surface area contributed by atoms with Crippen LogP contribution in [0.1, 0.15) is 0 Å². The second kappa shape index (κ2) is 4.36. The molecule has 0 unspecified atom stereocenters. The van der Waals surface area contributed by atoms with Gasteiger partial charge in [-0.1, -0.05) is 23.2 Å². The van der Waals surface area contributed by atoms with Gasteiger partial charge in [0, 0.05) is 0 Å². The third kappa shape index (κ3) is 3.03. The fourth-order valence-corrected chi connectivity index (χ4v) is 1.23. The van der Waals surface area contributed by atoms with Gasteiger partial charge >= 0.3 is 0 Å². The predicted octanol–water partition coefficient (Wildman–Crippen LogP) is -1.18. The van der Waals surface area contributed by atoms with Crippen LogP contribution in [0.4, 0.5) is 0 Å². The molecule has 4 heteroatoms. The highest BCUT2D eigenvalue weighted by atomic mass is 127. The van der Waals surface area contributed by atoms with E-state index in [-0.39, 0.29) is 24.0 Å². The molecule has 1 heterocycles. The molecule has 0 aliphatic rings. The standard InChI is InChI=1S/C6H6Cl2N.HI/c1-9-3-5(7)2-6(8)4-9;/h2-4H,1H3;1H/q+1;/p-1. The second-order valence-corrected chi connectivity index (χ2v) is 2.71. The molecule has 0 N–H and O–H groups in total. The Morgan fingerprint density at radius 3 is 1.90 bits per heavy atom. The first-order chi connectivity index (χ1) is 4.18. The van der Waals surface area contributed by atoms with Crippen LogP contribution in [0.2, 0.25) is 10.0 Å². The Kier molecular flexibility index (Phi) is 4.56. The molecule has 0 aromatic carbocycles. The zero-order valence-corrected chi connectivity index (χ0v) is 8.98. The van der Waals surface area contributed by atoms with Gasteiger partial charge in [-0.05, 0) is 6.07 Å². The lowest BCUT2D eigenvalue weighted by Crippen LogP contribution is -3.00. The van der Waals surface area contributed by atoms with Crippen molar-refractivity contribution in [2.75, 3.05) is 0 Å². The van der Waals surface area contributed by atoms with Gasteiger partial charge in [-0.2, -0.15) is 0 Å². The highest BCUT2D eigenvalue weighted by Crippen LogP contribution is 2.10. The van der Waals surface area contributed by atoms with Gasteiger partial charge in [0.25, 0.3) is 0 Å². The fourth-order valence-electron chi connectivity index (χ4n) is 0.633. The topological polar surface area (TPSA) is 3.88 Å². The average Bonchev–Trinajstić information content (AvgIpc) is 1.59. The van der Waals surface area contributed by atoms with Crippen LogP contribution in [0.15, 0.2) is 18.5 Å². The van der Waals surface area contributed by atoms with E-state index < -0.39 is 0 Å². The van der Waals surface area contributed by atoms with Crippen LogP contribution in [0, 0.1) is 0 Å². The summed E-state index contributed by atoms with van der Waals surface area (Å²) in [5.41, 5.74) is 0. The Balaban J connectivity index is 0.000000810. The van der Waals surface area contributed by atoms with E-state index in [4.69, 9.17) is 23.2 Å². The van der Waals surface area contributed by atoms with E-state index in [0.29, 0.717) is 10.0 Å². The monoisotopic (exact) mass is 289 g/mol. The molecular weight excluding hydrogens is 284 g/mol. The number of halogens is 3. The molecule has 1 nitrogen and oxygen atoms in total. The van der Waals surface area contributed by atoms with E-state index in [2.05, 4.69) is 0 Å². The number of aromatic nitrogens is 1. The Hall–Kier alpha value is 0.460. The molecule has 0 aliphatic heterocycles. The number of pyridine rings is 1. The second-order valence-electron chi connectivity index (χ2n) is 1.84. The van der Waals surface area contributed by atoms with Crippen LogP contribution in [0.3, 0.4) is 0 Å². The molecular formula is C6H6Cl2IN. The van der Waals surface area contributed by atoms with Gasteiger partial charge in [0.15, 0.2) is 12.4 Å². The third-order valence-corrected chi connectivity index (χ3v) is 1.34. The van der Waals surface area contributed by atoms with Crippen LogP contribution in [0.5, 0.6) is 0 Å². The molecule has 0 radical (unpaired) electrons. The van der Waals surface area contributed by atoms with E-state index in [1.807, 2.05) is 11.6 Å². The van der Waals surface area contributed by atoms with Gasteiger partial charge in [0.2, 0.25) is 0 Å². The molecule has 0 atom stereocenters. The van der Waals surface area contributed by atoms with E-state index in [9.17, 15) is 0 Å². The lowest BCUT2D eigenvalue weighted by Gasteiger charge is -1.88. The summed E-state index contributed by atoms with van der Waals surface area (Å²) in [4.78, 5) is 0. The minimum Gasteiger partial charge on any atom is -1.00 e. The van der Waals surface area contributed by atoms with E-state index in [1.54, 1.807) is 18.5 Å². The summed E-state index contributed by atoms with van der Waals surface area (Å²) >= 11 is 11.3. The quantitative estimate of drug-likeness (QED) is 0.418. The van der Waals surface area contributed by atoms with Gasteiger partial charge < -0.3 is 24.0 Å². The lowest BCUT2D eigenvalue weighted by atomic mass is 10.5. The van der Waals surface area contributed by atoms with Crippen molar-refractivity contribution < 1.29 is 28.5 Å². The maximum absolute atomic E-state index is 5.64. The summed E-state index contributed by atoms with van der Waals surface area (Å²) in [6.45, 7) is 0. The smallest absolute Gasteiger partial charge is 0.187 e. The fraction of sp³-hybridized carbons (Fsp3) is 0.167. The molecule has 1 aromatic rings. The SMILES string of the molecule is C[n+]1cc(Cl)cc(Cl)c1.[I-]. The van der Waals surface area contributed by atoms with Crippen molar-refractivity contribution in [2.45, 2.75) is 0 Å². The summed E-state index contributed by atoms with van der Waals surface area (Å²) in [5.74, 6) is 0. The van der Waals surface area contributed by atoms with E-state index in [1.165, 1.54) is 0 Å². The minimum absolute atomic E-state index is 0. The number of hydrogen-bond donors (Lipinski definition) is 0. The Morgan fingerprint density at radius 1 is 1.20 bits per heavy atom. The van der Waals surface area contributed by atoms with Crippen LogP contribution >= 0.6 is 23.2 Å². The first kappa shape index (κ1) is 10.5. The highest BCUT2D eigenvalue weighted by Gasteiger charge is 1.97. The summed E-state index contributed by atoms with van der Waals surface area (Å²) in [5, 5.41) is 1.31. The van der Waals surface area contributed by atoms with Crippen LogP contribution in [-0.4, -0.2) is 0 Å². The minimum atomic E-state index is 0. The van der Waals surface area contributed by atoms with Crippen LogP contribution < -0.4 is 28.5 Å². The molecule has 0 fully saturated rings. The van der Waals surface area contributed by atoms with Crippen molar-refractivity contribution in [3.63, 3.8) is 0 Å². The van der Waals surface area contributed by atoms with Crippen molar-refractivity contribution in [1.82, 2.24) is 0 Å². The number of rotatable bonds is 0. The summed E-state index contributed by atoms with van der Waals surface area (Å²) in [6.07, 6.45) is 3.57. The van der Waals surface area contributed by atoms with Crippen molar-refractivity contribution in [1.29, 1.82) is 0 Å². The number of hydrogen-bond acceptors (Lipinski definition) is 0. The molecule has 0 amide bonds. The molecule has 1 aromatic heterocycles. The number of nitrogens with zero attached hydrogens (tertiary/aromatic N) is 1. The lowest BCUT2D eigenvalue weighted by molar-refractivity contribution is -0.671. The van der Waals surface area contributed by atoms with Gasteiger partial charge in [-0.3, -0.25) is 0 Å². The van der Waals surface area contributed by atoms with Crippen molar-refractivity contribution in [2.24, 2.45) is 7.05 Å². The highest BCUT2D eigenvalue weighted by molar-refractivity contribution is 6.34. The van der Waals surface area contributed by atoms with Crippen molar-refractivity contribution in [3.8, 4) is 0 Å². The van der Waals surface area contributed by atoms with Gasteiger partial charge in [0.1, 0.15) is 17.1 Å². The molecule has 0 saturated carbocycles. The normalized spacial score (nSPS) is 8.70. The van der Waals surface area contributed by atoms with Gasteiger partial charge in [-0.25, -0.2) is 4.57 Å². The van der Waals surface area contributed by atoms with Gasteiger partial charge in [-0.15, -0.1) is 0 Å². The van der Waals surface area contributed by atoms with Crippen molar-refractivity contribution in [3.05, 3.63) is 28.5 Å². The first-order valence-electron chi connectivity index (χ1n) is 2.50. The van der Waals surface area contributed by atoms with Crippen LogP contribution in [-0.2, 0) is 7.05 Å². The maximum Gasteiger partial charge on any atom is 0.187 e. The molecule has 0 saturated heterocycles. The Bertz CT molecular complexity index is 177. The summed E-state index contributed by atoms with van der Waals surface area (Å²) in [6, 6.07) is 1.70. The van der Waals surface area contributed by atoms with E-state index >= 15 is 0 Å². The summed E-state index contributed by atoms with van der Waals surface area (Å²) < 4.78 is 1.81. The maximum atomic E-state index is 5.64. The number of aryl methyl sites for hydroxylation is 1. The summed E-state index contributed by atoms with van der Waals surface area (Å²) in [7, 11) is 1.87. The molecule has 0 bridgehead atoms. The molecule has 0 aliphatic carbocycles. The Labute approximate surface area is 87.0 Å². The average molecular weight is 290 g/mol. The zero-order chi connectivity index (χ0) is 6.85. The molecule has 10 heavy (non-hydrogen) atoms. The molecule has 1 rings (SSSR count). The van der Waals surface area contributed by atoms with Crippen LogP contribution in [0.25, 0.3) is 0 Å². The zero-order valence-electron chi connectivity index (χ0n) is 5.31. The predicted molar refractivity (Wildman–Crippen MR) is 37.6 cm³/mol.